The van der Waals surface area contributed by atoms with Crippen LogP contribution in [-0.2, 0) is 0 Å². The standard InChI is InChI=1S/C18H17N5O2S.ClH/c1-11-9-22(5-4-19-11)15-3-2-12-8-13(17(24)25-16(12)21-15)14-10-23-6-7-26-18(23)20-14;/h2-3,6-8,10-11,19H,4-5,9H2,1H3;1H/t11-;/m0./s1. The van der Waals surface area contributed by atoms with Gasteiger partial charge in [-0.1, -0.05) is 0 Å². The lowest BCUT2D eigenvalue weighted by Crippen LogP contribution is -2.49. The maximum atomic E-state index is 12.5. The van der Waals surface area contributed by atoms with Crippen LogP contribution < -0.4 is 15.8 Å². The second-order valence-corrected chi connectivity index (χ2v) is 7.40. The van der Waals surface area contributed by atoms with Crippen molar-refractivity contribution < 1.29 is 4.42 Å². The van der Waals surface area contributed by atoms with Crippen LogP contribution in [0, 0.1) is 0 Å². The molecule has 0 spiro atoms. The highest BCUT2D eigenvalue weighted by atomic mass is 35.5. The summed E-state index contributed by atoms with van der Waals surface area (Å²) < 4.78 is 7.42. The van der Waals surface area contributed by atoms with Crippen LogP contribution >= 0.6 is 23.7 Å². The summed E-state index contributed by atoms with van der Waals surface area (Å²) >= 11 is 1.53. The molecule has 1 fully saturated rings. The van der Waals surface area contributed by atoms with Gasteiger partial charge in [-0.3, -0.25) is 4.40 Å². The van der Waals surface area contributed by atoms with Gasteiger partial charge in [-0.05, 0) is 25.1 Å². The molecule has 1 saturated heterocycles. The van der Waals surface area contributed by atoms with Gasteiger partial charge in [0.15, 0.2) is 4.96 Å². The monoisotopic (exact) mass is 403 g/mol. The molecule has 0 bridgehead atoms. The van der Waals surface area contributed by atoms with Gasteiger partial charge in [0.2, 0.25) is 5.71 Å². The number of hydrogen-bond donors (Lipinski definition) is 1. The molecular weight excluding hydrogens is 386 g/mol. The third kappa shape index (κ3) is 3.20. The van der Waals surface area contributed by atoms with Gasteiger partial charge >= 0.3 is 5.63 Å². The van der Waals surface area contributed by atoms with Crippen LogP contribution in [0.15, 0.2) is 45.2 Å². The molecule has 5 heterocycles. The molecule has 1 aliphatic heterocycles. The van der Waals surface area contributed by atoms with E-state index < -0.39 is 5.63 Å². The molecule has 0 amide bonds. The number of hydrogen-bond acceptors (Lipinski definition) is 7. The number of piperazine rings is 1. The molecule has 0 saturated carbocycles. The second kappa shape index (κ2) is 6.95. The first kappa shape index (κ1) is 18.0. The maximum Gasteiger partial charge on any atom is 0.347 e. The van der Waals surface area contributed by atoms with Gasteiger partial charge < -0.3 is 14.6 Å². The highest BCUT2D eigenvalue weighted by Crippen LogP contribution is 2.24. The summed E-state index contributed by atoms with van der Waals surface area (Å²) in [6.45, 7) is 4.83. The lowest BCUT2D eigenvalue weighted by atomic mass is 10.2. The average molecular weight is 404 g/mol. The van der Waals surface area contributed by atoms with E-state index in [0.29, 0.717) is 23.0 Å². The fraction of sp³-hybridized carbons (Fsp3) is 0.278. The van der Waals surface area contributed by atoms with Crippen molar-refractivity contribution in [3.8, 4) is 11.3 Å². The van der Waals surface area contributed by atoms with Crippen LogP contribution in [0.25, 0.3) is 27.3 Å². The van der Waals surface area contributed by atoms with E-state index >= 15 is 0 Å². The van der Waals surface area contributed by atoms with Crippen molar-refractivity contribution in [1.82, 2.24) is 19.7 Å². The molecule has 9 heteroatoms. The lowest BCUT2D eigenvalue weighted by Gasteiger charge is -2.32. The molecule has 140 valence electrons. The van der Waals surface area contributed by atoms with E-state index in [2.05, 4.69) is 27.1 Å². The molecule has 0 unspecified atom stereocenters. The highest BCUT2D eigenvalue weighted by molar-refractivity contribution is 7.15. The Hall–Kier alpha value is -2.42. The Labute approximate surface area is 165 Å². The smallest absolute Gasteiger partial charge is 0.347 e. The average Bonchev–Trinajstić information content (AvgIpc) is 3.22. The number of aromatic nitrogens is 3. The number of halogens is 1. The molecule has 1 N–H and O–H groups in total. The number of fused-ring (bicyclic) bond motifs is 2. The Balaban J connectivity index is 0.00000180. The van der Waals surface area contributed by atoms with Crippen LogP contribution in [-0.4, -0.2) is 40.0 Å². The van der Waals surface area contributed by atoms with Crippen LogP contribution in [0.1, 0.15) is 6.92 Å². The number of imidazole rings is 1. The quantitative estimate of drug-likeness (QED) is 0.554. The third-order valence-corrected chi connectivity index (χ3v) is 5.42. The normalized spacial score (nSPS) is 17.4. The SMILES string of the molecule is C[C@H]1CN(c2ccc3cc(-c4cn5ccsc5n4)c(=O)oc3n2)CCN1.Cl. The molecule has 4 aromatic rings. The van der Waals surface area contributed by atoms with E-state index in [1.54, 1.807) is 0 Å². The van der Waals surface area contributed by atoms with Crippen molar-refractivity contribution in [2.45, 2.75) is 13.0 Å². The van der Waals surface area contributed by atoms with Gasteiger partial charge in [0.05, 0.1) is 11.3 Å². The number of nitrogens with zero attached hydrogens (tertiary/aromatic N) is 4. The van der Waals surface area contributed by atoms with Gasteiger partial charge in [0.1, 0.15) is 5.82 Å². The number of anilines is 1. The Kier molecular flexibility index (Phi) is 4.63. The Morgan fingerprint density at radius 1 is 1.33 bits per heavy atom. The first-order valence-electron chi connectivity index (χ1n) is 8.53. The Morgan fingerprint density at radius 2 is 2.22 bits per heavy atom. The minimum absolute atomic E-state index is 0. The predicted molar refractivity (Wildman–Crippen MR) is 109 cm³/mol. The summed E-state index contributed by atoms with van der Waals surface area (Å²) in [7, 11) is 0. The zero-order valence-electron chi connectivity index (χ0n) is 14.6. The summed E-state index contributed by atoms with van der Waals surface area (Å²) in [4.78, 5) is 24.6. The highest BCUT2D eigenvalue weighted by Gasteiger charge is 2.18. The zero-order valence-corrected chi connectivity index (χ0v) is 16.2. The molecule has 0 aromatic carbocycles. The first-order valence-corrected chi connectivity index (χ1v) is 9.41. The van der Waals surface area contributed by atoms with Gasteiger partial charge in [-0.2, -0.15) is 4.98 Å². The largest absolute Gasteiger partial charge is 0.403 e. The summed E-state index contributed by atoms with van der Waals surface area (Å²) in [5, 5.41) is 6.16. The van der Waals surface area contributed by atoms with Gasteiger partial charge in [-0.15, -0.1) is 23.7 Å². The van der Waals surface area contributed by atoms with Crippen molar-refractivity contribution >= 4 is 45.6 Å². The van der Waals surface area contributed by atoms with Gasteiger partial charge in [-0.25, -0.2) is 9.78 Å². The molecule has 5 rings (SSSR count). The number of pyridine rings is 1. The van der Waals surface area contributed by atoms with E-state index in [1.807, 2.05) is 40.4 Å². The molecule has 27 heavy (non-hydrogen) atoms. The zero-order chi connectivity index (χ0) is 17.7. The molecule has 0 aliphatic carbocycles. The van der Waals surface area contributed by atoms with Crippen molar-refractivity contribution in [2.75, 3.05) is 24.5 Å². The van der Waals surface area contributed by atoms with Crippen LogP contribution in [0.5, 0.6) is 0 Å². The minimum Gasteiger partial charge on any atom is -0.403 e. The third-order valence-electron chi connectivity index (χ3n) is 4.65. The number of rotatable bonds is 2. The molecule has 4 aromatic heterocycles. The maximum absolute atomic E-state index is 12.5. The molecular formula is C18H18ClN5O2S. The van der Waals surface area contributed by atoms with Crippen LogP contribution in [0.4, 0.5) is 5.82 Å². The fourth-order valence-corrected chi connectivity index (χ4v) is 4.04. The van der Waals surface area contributed by atoms with E-state index in [4.69, 9.17) is 4.42 Å². The minimum atomic E-state index is -0.415. The van der Waals surface area contributed by atoms with Crippen LogP contribution in [0.2, 0.25) is 0 Å². The summed E-state index contributed by atoms with van der Waals surface area (Å²) in [5.74, 6) is 0.837. The number of thiazole rings is 1. The van der Waals surface area contributed by atoms with E-state index in [-0.39, 0.29) is 12.4 Å². The molecule has 7 nitrogen and oxygen atoms in total. The molecule has 1 aliphatic rings. The second-order valence-electron chi connectivity index (χ2n) is 6.53. The van der Waals surface area contributed by atoms with Crippen LogP contribution in [0.3, 0.4) is 0 Å². The van der Waals surface area contributed by atoms with Crippen molar-refractivity contribution in [1.29, 1.82) is 0 Å². The Bertz CT molecular complexity index is 1140. The molecule has 0 radical (unpaired) electrons. The van der Waals surface area contributed by atoms with Gasteiger partial charge in [0, 0.05) is 48.8 Å². The summed E-state index contributed by atoms with van der Waals surface area (Å²) in [5.41, 5.74) is 1.02. The topological polar surface area (TPSA) is 75.7 Å². The van der Waals surface area contributed by atoms with Crippen molar-refractivity contribution in [3.63, 3.8) is 0 Å². The lowest BCUT2D eigenvalue weighted by molar-refractivity contribution is 0.481. The fourth-order valence-electron chi connectivity index (χ4n) is 3.34. The van der Waals surface area contributed by atoms with Crippen molar-refractivity contribution in [2.24, 2.45) is 0 Å². The summed E-state index contributed by atoms with van der Waals surface area (Å²) in [6, 6.07) is 6.15. The Morgan fingerprint density at radius 3 is 3.04 bits per heavy atom. The van der Waals surface area contributed by atoms with E-state index in [0.717, 1.165) is 35.8 Å². The van der Waals surface area contributed by atoms with E-state index in [9.17, 15) is 4.79 Å². The molecule has 1 atom stereocenters. The number of nitrogens with one attached hydrogen (secondary N) is 1. The van der Waals surface area contributed by atoms with E-state index in [1.165, 1.54) is 11.3 Å². The first-order chi connectivity index (χ1) is 12.7. The predicted octanol–water partition coefficient (Wildman–Crippen LogP) is 2.78. The summed E-state index contributed by atoms with van der Waals surface area (Å²) in [6.07, 6.45) is 3.76. The van der Waals surface area contributed by atoms with Crippen molar-refractivity contribution in [3.05, 3.63) is 46.4 Å². The van der Waals surface area contributed by atoms with Gasteiger partial charge in [0.25, 0.3) is 0 Å².